The molecule has 0 aliphatic heterocycles. The molecule has 2 aromatic heterocycles. The van der Waals surface area contributed by atoms with E-state index < -0.39 is 0 Å². The number of carbonyl (C=O) groups excluding carboxylic acids is 1. The molecular weight excluding hydrogens is 398 g/mol. The van der Waals surface area contributed by atoms with Gasteiger partial charge in [0.05, 0.1) is 18.5 Å². The van der Waals surface area contributed by atoms with Crippen LogP contribution in [0.3, 0.4) is 0 Å². The third-order valence-corrected chi connectivity index (χ3v) is 6.29. The van der Waals surface area contributed by atoms with Gasteiger partial charge < -0.3 is 10.5 Å². The van der Waals surface area contributed by atoms with Crippen molar-refractivity contribution >= 4 is 17.7 Å². The average Bonchev–Trinajstić information content (AvgIpc) is 3.20. The molecule has 5 heteroatoms. The number of nitrogens with two attached hydrogens (primary N) is 1. The summed E-state index contributed by atoms with van der Waals surface area (Å²) in [4.78, 5) is 16.4. The smallest absolute Gasteiger partial charge is 0.330 e. The molecule has 32 heavy (non-hydrogen) atoms. The fourth-order valence-corrected chi connectivity index (χ4v) is 4.28. The first-order chi connectivity index (χ1) is 15.6. The summed E-state index contributed by atoms with van der Waals surface area (Å²) in [7, 11) is 1.37. The van der Waals surface area contributed by atoms with Gasteiger partial charge in [0.2, 0.25) is 0 Å². The summed E-state index contributed by atoms with van der Waals surface area (Å²) in [6.45, 7) is 0. The molecule has 0 atom stereocenters. The van der Waals surface area contributed by atoms with Crippen LogP contribution < -0.4 is 5.73 Å². The van der Waals surface area contributed by atoms with Gasteiger partial charge in [-0.3, -0.25) is 4.40 Å². The Kier molecular flexibility index (Phi) is 5.11. The zero-order valence-corrected chi connectivity index (χ0v) is 18.0. The van der Waals surface area contributed by atoms with Gasteiger partial charge >= 0.3 is 5.97 Å². The summed E-state index contributed by atoms with van der Waals surface area (Å²) in [6, 6.07) is 22.7. The van der Waals surface area contributed by atoms with Gasteiger partial charge in [-0.15, -0.1) is 0 Å². The number of hydrogen-bond acceptors (Lipinski definition) is 4. The van der Waals surface area contributed by atoms with E-state index in [2.05, 4.69) is 45.5 Å². The summed E-state index contributed by atoms with van der Waals surface area (Å²) in [5.41, 5.74) is 13.3. The molecule has 2 aromatic carbocycles. The molecule has 5 nitrogen and oxygen atoms in total. The van der Waals surface area contributed by atoms with Crippen LogP contribution in [-0.4, -0.2) is 22.5 Å². The van der Waals surface area contributed by atoms with Crippen molar-refractivity contribution in [3.63, 3.8) is 0 Å². The van der Waals surface area contributed by atoms with Gasteiger partial charge in [0.25, 0.3) is 0 Å². The van der Waals surface area contributed by atoms with Crippen molar-refractivity contribution in [1.82, 2.24) is 9.38 Å². The molecule has 0 amide bonds. The first-order valence-corrected chi connectivity index (χ1v) is 10.8. The van der Waals surface area contributed by atoms with E-state index in [9.17, 15) is 4.79 Å². The van der Waals surface area contributed by atoms with Crippen molar-refractivity contribution in [2.45, 2.75) is 24.8 Å². The number of esters is 1. The van der Waals surface area contributed by atoms with Crippen LogP contribution in [0.25, 0.3) is 34.2 Å². The topological polar surface area (TPSA) is 69.6 Å². The number of nitrogens with zero attached hydrogens (tertiary/aromatic N) is 2. The van der Waals surface area contributed by atoms with Crippen molar-refractivity contribution < 1.29 is 9.53 Å². The van der Waals surface area contributed by atoms with E-state index in [1.165, 1.54) is 25.2 Å². The van der Waals surface area contributed by atoms with Gasteiger partial charge in [-0.05, 0) is 48.6 Å². The lowest BCUT2D eigenvalue weighted by Crippen LogP contribution is -2.43. The van der Waals surface area contributed by atoms with E-state index >= 15 is 0 Å². The van der Waals surface area contributed by atoms with Crippen LogP contribution >= 0.6 is 0 Å². The van der Waals surface area contributed by atoms with Crippen molar-refractivity contribution in [3.8, 4) is 22.5 Å². The number of ether oxygens (including phenoxy) is 1. The number of hydrogen-bond donors (Lipinski definition) is 1. The third kappa shape index (κ3) is 3.61. The second kappa shape index (κ2) is 8.09. The molecule has 2 N–H and O–H groups in total. The van der Waals surface area contributed by atoms with E-state index in [0.717, 1.165) is 46.6 Å². The lowest BCUT2D eigenvalue weighted by Gasteiger charge is -2.38. The summed E-state index contributed by atoms with van der Waals surface area (Å²) in [5, 5.41) is 0. The van der Waals surface area contributed by atoms with Crippen molar-refractivity contribution in [2.75, 3.05) is 7.11 Å². The highest BCUT2D eigenvalue weighted by Gasteiger charge is 2.34. The number of rotatable bonds is 5. The fraction of sp³-hybridized carbons (Fsp3) is 0.185. The molecule has 0 unspecified atom stereocenters. The van der Waals surface area contributed by atoms with Gasteiger partial charge in [0, 0.05) is 28.9 Å². The van der Waals surface area contributed by atoms with Crippen LogP contribution in [0.2, 0.25) is 0 Å². The Morgan fingerprint density at radius 3 is 2.47 bits per heavy atom. The largest absolute Gasteiger partial charge is 0.466 e. The molecule has 160 valence electrons. The summed E-state index contributed by atoms with van der Waals surface area (Å²) in [6.07, 6.45) is 8.40. The van der Waals surface area contributed by atoms with Gasteiger partial charge in [-0.1, -0.05) is 54.6 Å². The van der Waals surface area contributed by atoms with Crippen molar-refractivity contribution in [3.05, 3.63) is 90.1 Å². The Labute approximate surface area is 187 Å². The first kappa shape index (κ1) is 20.2. The number of benzene rings is 2. The minimum Gasteiger partial charge on any atom is -0.466 e. The highest BCUT2D eigenvalue weighted by Crippen LogP contribution is 2.40. The van der Waals surface area contributed by atoms with Crippen LogP contribution in [0.5, 0.6) is 0 Å². The molecule has 0 saturated heterocycles. The maximum atomic E-state index is 11.5. The summed E-state index contributed by atoms with van der Waals surface area (Å²) < 4.78 is 6.78. The monoisotopic (exact) mass is 423 g/mol. The summed E-state index contributed by atoms with van der Waals surface area (Å²) in [5.74, 6) is -0.386. The number of fused-ring (bicyclic) bond motifs is 1. The number of imidazole rings is 1. The lowest BCUT2D eigenvalue weighted by molar-refractivity contribution is -0.134. The maximum absolute atomic E-state index is 11.5. The van der Waals surface area contributed by atoms with Crippen molar-refractivity contribution in [1.29, 1.82) is 0 Å². The van der Waals surface area contributed by atoms with Crippen LogP contribution in [0.1, 0.15) is 30.4 Å². The van der Waals surface area contributed by atoms with Crippen LogP contribution in [0.4, 0.5) is 0 Å². The zero-order chi connectivity index (χ0) is 22.1. The van der Waals surface area contributed by atoms with Crippen LogP contribution in [0.15, 0.2) is 79.0 Å². The molecule has 0 spiro atoms. The Hall–Kier alpha value is -3.70. The fourth-order valence-electron chi connectivity index (χ4n) is 4.28. The molecule has 0 bridgehead atoms. The Bertz CT molecular complexity index is 1300. The lowest BCUT2D eigenvalue weighted by atomic mass is 9.72. The van der Waals surface area contributed by atoms with Gasteiger partial charge in [0.1, 0.15) is 5.65 Å². The minimum atomic E-state index is -0.386. The molecule has 1 aliphatic rings. The van der Waals surface area contributed by atoms with Gasteiger partial charge in [0.15, 0.2) is 0 Å². The molecule has 5 rings (SSSR count). The number of pyridine rings is 1. The predicted molar refractivity (Wildman–Crippen MR) is 127 cm³/mol. The molecule has 4 aromatic rings. The van der Waals surface area contributed by atoms with Gasteiger partial charge in [-0.2, -0.15) is 0 Å². The minimum absolute atomic E-state index is 0.180. The zero-order valence-electron chi connectivity index (χ0n) is 18.0. The molecule has 2 heterocycles. The summed E-state index contributed by atoms with van der Waals surface area (Å²) >= 11 is 0. The Balaban J connectivity index is 1.62. The second-order valence-electron chi connectivity index (χ2n) is 8.31. The molecule has 1 saturated carbocycles. The van der Waals surface area contributed by atoms with E-state index in [0.29, 0.717) is 0 Å². The van der Waals surface area contributed by atoms with Crippen molar-refractivity contribution in [2.24, 2.45) is 5.73 Å². The van der Waals surface area contributed by atoms with Crippen LogP contribution in [0, 0.1) is 0 Å². The Morgan fingerprint density at radius 2 is 1.81 bits per heavy atom. The Morgan fingerprint density at radius 1 is 1.06 bits per heavy atom. The molecule has 1 aliphatic carbocycles. The van der Waals surface area contributed by atoms with Crippen LogP contribution in [-0.2, 0) is 15.1 Å². The first-order valence-electron chi connectivity index (χ1n) is 10.8. The average molecular weight is 424 g/mol. The number of methoxy groups -OCH3 is 1. The number of carbonyl (C=O) groups is 1. The molecular formula is C27H25N3O2. The van der Waals surface area contributed by atoms with Gasteiger partial charge in [-0.25, -0.2) is 9.78 Å². The highest BCUT2D eigenvalue weighted by atomic mass is 16.5. The van der Waals surface area contributed by atoms with E-state index in [1.807, 2.05) is 36.5 Å². The standard InChI is InChI=1S/C27H25N3O2/c1-32-24(31)13-8-19-14-17-30-23(18-19)29-25(26(30)21-6-3-2-4-7-21)20-9-11-22(12-10-20)27(28)15-5-16-27/h2-4,6-14,17-18H,5,15-16,28H2,1H3. The third-order valence-electron chi connectivity index (χ3n) is 6.29. The maximum Gasteiger partial charge on any atom is 0.330 e. The molecule has 0 radical (unpaired) electrons. The van der Waals surface area contributed by atoms with E-state index in [1.54, 1.807) is 6.08 Å². The van der Waals surface area contributed by atoms with E-state index in [4.69, 9.17) is 10.7 Å². The van der Waals surface area contributed by atoms with E-state index in [-0.39, 0.29) is 11.5 Å². The SMILES string of the molecule is COC(=O)C=Cc1ccn2c(-c3ccccc3)c(-c3ccc(C4(N)CCC4)cc3)nc2c1. The second-order valence-corrected chi connectivity index (χ2v) is 8.31. The predicted octanol–water partition coefficient (Wildman–Crippen LogP) is 5.19. The highest BCUT2D eigenvalue weighted by molar-refractivity contribution is 5.87. The quantitative estimate of drug-likeness (QED) is 0.354. The normalized spacial score (nSPS) is 15.1. The molecule has 1 fully saturated rings. The number of aromatic nitrogens is 2.